The molecule has 1 N–H and O–H groups in total. The molecule has 0 radical (unpaired) electrons. The van der Waals surface area contributed by atoms with Gasteiger partial charge >= 0.3 is 5.97 Å². The SMILES string of the molecule is COC(=O)[C@H](CSC(=O)[C@H](C)c1ccc2cc(OC)ccc2c1)NC(C)=O. The number of thioether (sulfide) groups is 1. The lowest BCUT2D eigenvalue weighted by atomic mass is 9.99. The van der Waals surface area contributed by atoms with Crippen LogP contribution in [-0.4, -0.2) is 43.0 Å². The van der Waals surface area contributed by atoms with Crippen molar-refractivity contribution in [3.63, 3.8) is 0 Å². The molecule has 6 nitrogen and oxygen atoms in total. The number of fused-ring (bicyclic) bond motifs is 1. The molecule has 0 fully saturated rings. The van der Waals surface area contributed by atoms with Gasteiger partial charge in [-0.25, -0.2) is 4.79 Å². The molecule has 2 rings (SSSR count). The molecule has 2 atom stereocenters. The average Bonchev–Trinajstić information content (AvgIpc) is 2.68. The predicted molar refractivity (Wildman–Crippen MR) is 106 cm³/mol. The molecule has 0 heterocycles. The minimum atomic E-state index is -0.849. The number of ether oxygens (including phenoxy) is 2. The number of rotatable bonds is 7. The van der Waals surface area contributed by atoms with Crippen LogP contribution in [0.15, 0.2) is 36.4 Å². The Labute approximate surface area is 162 Å². The molecule has 2 aromatic carbocycles. The fourth-order valence-corrected chi connectivity index (χ4v) is 3.56. The highest BCUT2D eigenvalue weighted by Crippen LogP contribution is 2.28. The lowest BCUT2D eigenvalue weighted by Gasteiger charge is -2.16. The smallest absolute Gasteiger partial charge is 0.329 e. The molecule has 0 spiro atoms. The zero-order chi connectivity index (χ0) is 20.0. The lowest BCUT2D eigenvalue weighted by molar-refractivity contribution is -0.144. The van der Waals surface area contributed by atoms with E-state index in [4.69, 9.17) is 4.74 Å². The Bertz CT molecular complexity index is 851. The first-order valence-electron chi connectivity index (χ1n) is 8.45. The van der Waals surface area contributed by atoms with Gasteiger partial charge in [0.15, 0.2) is 5.12 Å². The number of hydrogen-bond acceptors (Lipinski definition) is 6. The highest BCUT2D eigenvalue weighted by molar-refractivity contribution is 8.13. The van der Waals surface area contributed by atoms with E-state index in [2.05, 4.69) is 10.1 Å². The molecule has 0 aliphatic carbocycles. The molecule has 0 bridgehead atoms. The molecule has 0 unspecified atom stereocenters. The summed E-state index contributed by atoms with van der Waals surface area (Å²) in [5.41, 5.74) is 0.888. The first kappa shape index (κ1) is 20.8. The van der Waals surface area contributed by atoms with Crippen LogP contribution in [0.3, 0.4) is 0 Å². The van der Waals surface area contributed by atoms with Crippen LogP contribution >= 0.6 is 11.8 Å². The Balaban J connectivity index is 2.08. The van der Waals surface area contributed by atoms with Crippen LogP contribution in [0.5, 0.6) is 5.75 Å². The molecule has 0 saturated heterocycles. The molecule has 2 aromatic rings. The number of methoxy groups -OCH3 is 2. The van der Waals surface area contributed by atoms with E-state index < -0.39 is 12.0 Å². The van der Waals surface area contributed by atoms with Crippen molar-refractivity contribution in [3.05, 3.63) is 42.0 Å². The summed E-state index contributed by atoms with van der Waals surface area (Å²) in [6.45, 7) is 3.14. The third-order valence-electron chi connectivity index (χ3n) is 4.18. The number of esters is 1. The number of carbonyl (C=O) groups excluding carboxylic acids is 3. The van der Waals surface area contributed by atoms with Crippen molar-refractivity contribution in [3.8, 4) is 5.75 Å². The van der Waals surface area contributed by atoms with E-state index in [1.807, 2.05) is 43.3 Å². The number of benzene rings is 2. The van der Waals surface area contributed by atoms with Gasteiger partial charge in [-0.1, -0.05) is 43.0 Å². The molecule has 27 heavy (non-hydrogen) atoms. The molecule has 7 heteroatoms. The first-order valence-corrected chi connectivity index (χ1v) is 9.43. The standard InChI is InChI=1S/C20H23NO5S/c1-12(20(24)27-11-18(19(23)26-4)21-13(2)22)14-5-6-16-10-17(25-3)8-7-15(16)9-14/h5-10,12,18H,11H2,1-4H3,(H,21,22)/t12-,18+/m1/s1. The zero-order valence-electron chi connectivity index (χ0n) is 15.8. The van der Waals surface area contributed by atoms with Crippen LogP contribution in [0.2, 0.25) is 0 Å². The average molecular weight is 389 g/mol. The summed E-state index contributed by atoms with van der Waals surface area (Å²) in [5.74, 6) is -0.367. The van der Waals surface area contributed by atoms with Crippen LogP contribution < -0.4 is 10.1 Å². The van der Waals surface area contributed by atoms with E-state index in [-0.39, 0.29) is 22.7 Å². The fourth-order valence-electron chi connectivity index (χ4n) is 2.62. The second kappa shape index (κ2) is 9.41. The molecule has 0 aliphatic heterocycles. The van der Waals surface area contributed by atoms with Gasteiger partial charge in [0, 0.05) is 12.7 Å². The minimum absolute atomic E-state index is 0.0814. The highest BCUT2D eigenvalue weighted by atomic mass is 32.2. The van der Waals surface area contributed by atoms with E-state index in [0.717, 1.165) is 33.8 Å². The van der Waals surface area contributed by atoms with Gasteiger partial charge in [-0.15, -0.1) is 0 Å². The Kier molecular flexibility index (Phi) is 7.24. The van der Waals surface area contributed by atoms with Gasteiger partial charge in [-0.2, -0.15) is 0 Å². The summed E-state index contributed by atoms with van der Waals surface area (Å²) in [4.78, 5) is 35.5. The maximum absolute atomic E-state index is 12.6. The van der Waals surface area contributed by atoms with E-state index in [9.17, 15) is 14.4 Å². The topological polar surface area (TPSA) is 81.7 Å². The van der Waals surface area contributed by atoms with Gasteiger partial charge in [0.1, 0.15) is 11.8 Å². The summed E-state index contributed by atoms with van der Waals surface area (Å²) >= 11 is 1.01. The van der Waals surface area contributed by atoms with Crippen molar-refractivity contribution in [1.82, 2.24) is 5.32 Å². The monoisotopic (exact) mass is 389 g/mol. The van der Waals surface area contributed by atoms with Crippen molar-refractivity contribution in [2.75, 3.05) is 20.0 Å². The summed E-state index contributed by atoms with van der Waals surface area (Å²) < 4.78 is 9.89. The van der Waals surface area contributed by atoms with Gasteiger partial charge in [-0.3, -0.25) is 9.59 Å². The molecule has 144 valence electrons. The zero-order valence-corrected chi connectivity index (χ0v) is 16.6. The van der Waals surface area contributed by atoms with Gasteiger partial charge < -0.3 is 14.8 Å². The molecule has 0 aliphatic rings. The second-order valence-corrected chi connectivity index (χ2v) is 7.12. The third kappa shape index (κ3) is 5.47. The minimum Gasteiger partial charge on any atom is -0.497 e. The molecule has 1 amide bonds. The van der Waals surface area contributed by atoms with Gasteiger partial charge in [0.05, 0.1) is 20.1 Å². The summed E-state index contributed by atoms with van der Waals surface area (Å²) in [6, 6.07) is 10.8. The van der Waals surface area contributed by atoms with Crippen molar-refractivity contribution < 1.29 is 23.9 Å². The van der Waals surface area contributed by atoms with Crippen molar-refractivity contribution in [2.24, 2.45) is 0 Å². The Morgan fingerprint density at radius 3 is 2.37 bits per heavy atom. The Morgan fingerprint density at radius 1 is 1.07 bits per heavy atom. The number of amides is 1. The Morgan fingerprint density at radius 2 is 1.74 bits per heavy atom. The van der Waals surface area contributed by atoms with Crippen LogP contribution in [0, 0.1) is 0 Å². The number of hydrogen-bond donors (Lipinski definition) is 1. The quantitative estimate of drug-likeness (QED) is 0.734. The van der Waals surface area contributed by atoms with Gasteiger partial charge in [-0.05, 0) is 28.5 Å². The summed E-state index contributed by atoms with van der Waals surface area (Å²) in [7, 11) is 2.87. The van der Waals surface area contributed by atoms with Crippen molar-refractivity contribution in [1.29, 1.82) is 0 Å². The second-order valence-electron chi connectivity index (χ2n) is 6.10. The highest BCUT2D eigenvalue weighted by Gasteiger charge is 2.24. The van der Waals surface area contributed by atoms with Crippen LogP contribution in [0.25, 0.3) is 10.8 Å². The molecular formula is C20H23NO5S. The normalized spacial score (nSPS) is 12.9. The predicted octanol–water partition coefficient (Wildman–Crippen LogP) is 2.89. The van der Waals surface area contributed by atoms with Gasteiger partial charge in [0.2, 0.25) is 5.91 Å². The van der Waals surface area contributed by atoms with Crippen LogP contribution in [-0.2, 0) is 19.1 Å². The fraction of sp³-hybridized carbons (Fsp3) is 0.350. The van der Waals surface area contributed by atoms with Gasteiger partial charge in [0.25, 0.3) is 0 Å². The maximum Gasteiger partial charge on any atom is 0.329 e. The van der Waals surface area contributed by atoms with Crippen molar-refractivity contribution in [2.45, 2.75) is 25.8 Å². The van der Waals surface area contributed by atoms with E-state index in [1.165, 1.54) is 14.0 Å². The Hall–Kier alpha value is -2.54. The summed E-state index contributed by atoms with van der Waals surface area (Å²) in [5, 5.41) is 4.47. The first-order chi connectivity index (χ1) is 12.8. The van der Waals surface area contributed by atoms with E-state index in [1.54, 1.807) is 7.11 Å². The maximum atomic E-state index is 12.6. The van der Waals surface area contributed by atoms with Crippen LogP contribution in [0.4, 0.5) is 0 Å². The number of nitrogens with one attached hydrogen (secondary N) is 1. The van der Waals surface area contributed by atoms with Crippen LogP contribution in [0.1, 0.15) is 25.3 Å². The molecular weight excluding hydrogens is 366 g/mol. The molecule has 0 aromatic heterocycles. The third-order valence-corrected chi connectivity index (χ3v) is 5.32. The van der Waals surface area contributed by atoms with E-state index in [0.29, 0.717) is 0 Å². The summed E-state index contributed by atoms with van der Waals surface area (Å²) in [6.07, 6.45) is 0. The molecule has 0 saturated carbocycles. The lowest BCUT2D eigenvalue weighted by Crippen LogP contribution is -2.42. The number of carbonyl (C=O) groups is 3. The van der Waals surface area contributed by atoms with E-state index >= 15 is 0 Å². The largest absolute Gasteiger partial charge is 0.497 e. The van der Waals surface area contributed by atoms with Crippen molar-refractivity contribution >= 4 is 39.5 Å².